The summed E-state index contributed by atoms with van der Waals surface area (Å²) < 4.78 is 24.5. The van der Waals surface area contributed by atoms with Gasteiger partial charge in [0.15, 0.2) is 5.78 Å². The van der Waals surface area contributed by atoms with Crippen LogP contribution in [0, 0.1) is 0 Å². The Labute approximate surface area is 79.2 Å². The lowest BCUT2D eigenvalue weighted by atomic mass is 10.1. The predicted molar refractivity (Wildman–Crippen MR) is 47.5 cm³/mol. The standard InChI is InChI=1S/C9H9F2NO2/c1-4(13)5-3-8(14)6(9(10)11)2-7(5)12/h2-3,9,14H,12H2,1H3. The number of aromatic hydroxyl groups is 1. The molecule has 14 heavy (non-hydrogen) atoms. The van der Waals surface area contributed by atoms with E-state index in [1.165, 1.54) is 6.92 Å². The molecule has 0 saturated carbocycles. The number of rotatable bonds is 2. The van der Waals surface area contributed by atoms with E-state index in [-0.39, 0.29) is 17.0 Å². The second-order valence-electron chi connectivity index (χ2n) is 2.86. The molecule has 0 aliphatic heterocycles. The minimum Gasteiger partial charge on any atom is -0.507 e. The van der Waals surface area contributed by atoms with E-state index in [1.54, 1.807) is 0 Å². The van der Waals surface area contributed by atoms with Gasteiger partial charge in [-0.15, -0.1) is 0 Å². The summed E-state index contributed by atoms with van der Waals surface area (Å²) in [6.45, 7) is 1.24. The number of halogens is 2. The van der Waals surface area contributed by atoms with Gasteiger partial charge in [-0.05, 0) is 19.1 Å². The number of anilines is 1. The molecule has 0 aliphatic rings. The van der Waals surface area contributed by atoms with Gasteiger partial charge in [0, 0.05) is 11.3 Å². The summed E-state index contributed by atoms with van der Waals surface area (Å²) in [6.07, 6.45) is -2.81. The van der Waals surface area contributed by atoms with E-state index in [0.29, 0.717) is 0 Å². The van der Waals surface area contributed by atoms with E-state index in [9.17, 15) is 13.6 Å². The van der Waals surface area contributed by atoms with Gasteiger partial charge in [0.2, 0.25) is 0 Å². The average molecular weight is 201 g/mol. The Morgan fingerprint density at radius 3 is 2.50 bits per heavy atom. The first-order valence-electron chi connectivity index (χ1n) is 3.85. The van der Waals surface area contributed by atoms with Crippen LogP contribution in [0.25, 0.3) is 0 Å². The smallest absolute Gasteiger partial charge is 0.267 e. The Hall–Kier alpha value is -1.65. The number of alkyl halides is 2. The third-order valence-electron chi connectivity index (χ3n) is 1.81. The molecule has 0 aliphatic carbocycles. The van der Waals surface area contributed by atoms with Gasteiger partial charge in [-0.1, -0.05) is 0 Å². The van der Waals surface area contributed by atoms with E-state index in [0.717, 1.165) is 12.1 Å². The van der Waals surface area contributed by atoms with Crippen LogP contribution >= 0.6 is 0 Å². The lowest BCUT2D eigenvalue weighted by Crippen LogP contribution is -2.01. The highest BCUT2D eigenvalue weighted by Gasteiger charge is 2.16. The molecule has 0 atom stereocenters. The number of ketones is 1. The monoisotopic (exact) mass is 201 g/mol. The summed E-state index contributed by atoms with van der Waals surface area (Å²) in [5, 5.41) is 9.15. The molecule has 0 fully saturated rings. The zero-order valence-electron chi connectivity index (χ0n) is 7.42. The van der Waals surface area contributed by atoms with Gasteiger partial charge in [-0.3, -0.25) is 4.79 Å². The zero-order valence-corrected chi connectivity index (χ0v) is 7.42. The van der Waals surface area contributed by atoms with Crippen LogP contribution in [0.5, 0.6) is 5.75 Å². The normalized spacial score (nSPS) is 10.6. The molecule has 1 aromatic carbocycles. The molecule has 5 heteroatoms. The number of phenols is 1. The van der Waals surface area contributed by atoms with Crippen molar-refractivity contribution in [1.82, 2.24) is 0 Å². The minimum atomic E-state index is -2.81. The Morgan fingerprint density at radius 2 is 2.07 bits per heavy atom. The van der Waals surface area contributed by atoms with Gasteiger partial charge in [0.25, 0.3) is 6.43 Å². The Morgan fingerprint density at radius 1 is 1.50 bits per heavy atom. The Bertz CT molecular complexity index is 377. The highest BCUT2D eigenvalue weighted by molar-refractivity contribution is 5.99. The highest BCUT2D eigenvalue weighted by Crippen LogP contribution is 2.32. The summed E-state index contributed by atoms with van der Waals surface area (Å²) in [5.41, 5.74) is 4.80. The minimum absolute atomic E-state index is 0.0481. The molecular formula is C9H9F2NO2. The number of nitrogens with two attached hydrogens (primary N) is 1. The number of hydrogen-bond donors (Lipinski definition) is 2. The number of hydrogen-bond acceptors (Lipinski definition) is 3. The van der Waals surface area contributed by atoms with Gasteiger partial charge in [-0.25, -0.2) is 8.78 Å². The van der Waals surface area contributed by atoms with E-state index >= 15 is 0 Å². The second-order valence-corrected chi connectivity index (χ2v) is 2.86. The summed E-state index contributed by atoms with van der Waals surface area (Å²) in [7, 11) is 0. The number of carbonyl (C=O) groups is 1. The highest BCUT2D eigenvalue weighted by atomic mass is 19.3. The molecule has 0 radical (unpaired) electrons. The van der Waals surface area contributed by atoms with Crippen molar-refractivity contribution in [1.29, 1.82) is 0 Å². The average Bonchev–Trinajstić information content (AvgIpc) is 2.07. The lowest BCUT2D eigenvalue weighted by Gasteiger charge is -2.07. The molecule has 0 aromatic heterocycles. The molecule has 76 valence electrons. The van der Waals surface area contributed by atoms with Crippen LogP contribution in [0.3, 0.4) is 0 Å². The summed E-state index contributed by atoms with van der Waals surface area (Å²) in [5.74, 6) is -0.988. The van der Waals surface area contributed by atoms with Crippen molar-refractivity contribution >= 4 is 11.5 Å². The van der Waals surface area contributed by atoms with Gasteiger partial charge >= 0.3 is 0 Å². The molecule has 0 unspecified atom stereocenters. The van der Waals surface area contributed by atoms with Crippen LogP contribution in [0.1, 0.15) is 29.3 Å². The third-order valence-corrected chi connectivity index (χ3v) is 1.81. The first-order chi connectivity index (χ1) is 6.43. The maximum Gasteiger partial charge on any atom is 0.267 e. The van der Waals surface area contributed by atoms with Crippen molar-refractivity contribution < 1.29 is 18.7 Å². The molecule has 0 heterocycles. The van der Waals surface area contributed by atoms with Gasteiger partial charge in [0.1, 0.15) is 5.75 Å². The van der Waals surface area contributed by atoms with Gasteiger partial charge < -0.3 is 10.8 Å². The van der Waals surface area contributed by atoms with E-state index in [4.69, 9.17) is 10.8 Å². The number of nitrogen functional groups attached to an aromatic ring is 1. The Balaban J connectivity index is 3.31. The maximum absolute atomic E-state index is 12.2. The van der Waals surface area contributed by atoms with Crippen molar-refractivity contribution in [3.8, 4) is 5.75 Å². The van der Waals surface area contributed by atoms with E-state index < -0.39 is 17.7 Å². The zero-order chi connectivity index (χ0) is 10.9. The van der Waals surface area contributed by atoms with Crippen molar-refractivity contribution in [3.63, 3.8) is 0 Å². The summed E-state index contributed by atoms with van der Waals surface area (Å²) in [4.78, 5) is 10.9. The van der Waals surface area contributed by atoms with Crippen LogP contribution in [-0.4, -0.2) is 10.9 Å². The first-order valence-corrected chi connectivity index (χ1v) is 3.85. The molecule has 0 spiro atoms. The molecule has 1 rings (SSSR count). The number of Topliss-reactive ketones (excluding diaryl/α,β-unsaturated/α-hetero) is 1. The van der Waals surface area contributed by atoms with Crippen LogP contribution in [0.2, 0.25) is 0 Å². The van der Waals surface area contributed by atoms with E-state index in [1.807, 2.05) is 0 Å². The van der Waals surface area contributed by atoms with Gasteiger partial charge in [0.05, 0.1) is 5.56 Å². The third kappa shape index (κ3) is 1.81. The topological polar surface area (TPSA) is 63.3 Å². The van der Waals surface area contributed by atoms with Crippen LogP contribution in [0.15, 0.2) is 12.1 Å². The SMILES string of the molecule is CC(=O)c1cc(O)c(C(F)F)cc1N. The van der Waals surface area contributed by atoms with Crippen molar-refractivity contribution in [2.24, 2.45) is 0 Å². The van der Waals surface area contributed by atoms with Crippen molar-refractivity contribution in [3.05, 3.63) is 23.3 Å². The number of benzene rings is 1. The molecule has 3 nitrogen and oxygen atoms in total. The van der Waals surface area contributed by atoms with Crippen LogP contribution < -0.4 is 5.73 Å². The fraction of sp³-hybridized carbons (Fsp3) is 0.222. The first kappa shape index (κ1) is 10.4. The molecule has 0 amide bonds. The summed E-state index contributed by atoms with van der Waals surface area (Å²) in [6, 6.07) is 1.87. The predicted octanol–water partition coefficient (Wildman–Crippen LogP) is 2.11. The molecule has 0 bridgehead atoms. The van der Waals surface area contributed by atoms with Crippen LogP contribution in [0.4, 0.5) is 14.5 Å². The lowest BCUT2D eigenvalue weighted by molar-refractivity contribution is 0.101. The van der Waals surface area contributed by atoms with Crippen molar-refractivity contribution in [2.45, 2.75) is 13.3 Å². The van der Waals surface area contributed by atoms with Crippen molar-refractivity contribution in [2.75, 3.05) is 5.73 Å². The van der Waals surface area contributed by atoms with Gasteiger partial charge in [-0.2, -0.15) is 0 Å². The fourth-order valence-corrected chi connectivity index (χ4v) is 1.10. The second kappa shape index (κ2) is 3.61. The summed E-state index contributed by atoms with van der Waals surface area (Å²) >= 11 is 0. The molecule has 0 saturated heterocycles. The molecule has 3 N–H and O–H groups in total. The molecular weight excluding hydrogens is 192 g/mol. The largest absolute Gasteiger partial charge is 0.507 e. The quantitative estimate of drug-likeness (QED) is 0.437. The molecule has 1 aromatic rings. The van der Waals surface area contributed by atoms with Crippen LogP contribution in [-0.2, 0) is 0 Å². The Kier molecular flexibility index (Phi) is 2.69. The fourth-order valence-electron chi connectivity index (χ4n) is 1.10. The number of carbonyl (C=O) groups excluding carboxylic acids is 1. The van der Waals surface area contributed by atoms with E-state index in [2.05, 4.69) is 0 Å². The number of phenolic OH excluding ortho intramolecular Hbond substituents is 1. The maximum atomic E-state index is 12.2.